The molecule has 0 spiro atoms. The summed E-state index contributed by atoms with van der Waals surface area (Å²) in [7, 11) is 0. The SMILES string of the molecule is CCCOC(=O)C1=CC(C)=CC(C)=CC1C(=O)OCCC. The third-order valence-electron chi connectivity index (χ3n) is 2.98. The van der Waals surface area contributed by atoms with Crippen molar-refractivity contribution in [2.45, 2.75) is 40.5 Å². The van der Waals surface area contributed by atoms with Crippen LogP contribution in [0.3, 0.4) is 0 Å². The molecule has 1 rings (SSSR count). The molecule has 21 heavy (non-hydrogen) atoms. The highest BCUT2D eigenvalue weighted by atomic mass is 16.5. The molecule has 4 nitrogen and oxygen atoms in total. The fourth-order valence-electron chi connectivity index (χ4n) is 2.09. The van der Waals surface area contributed by atoms with E-state index in [2.05, 4.69) is 0 Å². The van der Waals surface area contributed by atoms with Gasteiger partial charge in [-0.05, 0) is 32.8 Å². The normalized spacial score (nSPS) is 18.1. The summed E-state index contributed by atoms with van der Waals surface area (Å²) in [5.74, 6) is -1.55. The van der Waals surface area contributed by atoms with Gasteiger partial charge in [-0.15, -0.1) is 0 Å². The molecule has 0 N–H and O–H groups in total. The first-order chi connectivity index (χ1) is 9.99. The topological polar surface area (TPSA) is 52.6 Å². The van der Waals surface area contributed by atoms with Gasteiger partial charge >= 0.3 is 11.9 Å². The van der Waals surface area contributed by atoms with Crippen LogP contribution in [0, 0.1) is 5.92 Å². The zero-order valence-electron chi connectivity index (χ0n) is 13.3. The van der Waals surface area contributed by atoms with Gasteiger partial charge in [-0.2, -0.15) is 0 Å². The van der Waals surface area contributed by atoms with Gasteiger partial charge in [0.25, 0.3) is 0 Å². The molecule has 1 unspecified atom stereocenters. The highest BCUT2D eigenvalue weighted by molar-refractivity contribution is 5.97. The second-order valence-electron chi connectivity index (χ2n) is 5.18. The minimum absolute atomic E-state index is 0.343. The van der Waals surface area contributed by atoms with Crippen molar-refractivity contribution in [3.63, 3.8) is 0 Å². The van der Waals surface area contributed by atoms with Crippen molar-refractivity contribution in [3.8, 4) is 0 Å². The van der Waals surface area contributed by atoms with Gasteiger partial charge in [-0.3, -0.25) is 4.79 Å². The van der Waals surface area contributed by atoms with E-state index in [0.717, 1.165) is 24.0 Å². The number of carbonyl (C=O) groups excluding carboxylic acids is 2. The number of allylic oxidation sites excluding steroid dienone is 4. The predicted molar refractivity (Wildman–Crippen MR) is 81.6 cm³/mol. The number of esters is 2. The van der Waals surface area contributed by atoms with Gasteiger partial charge in [-0.25, -0.2) is 4.79 Å². The van der Waals surface area contributed by atoms with Crippen LogP contribution in [0.5, 0.6) is 0 Å². The first-order valence-electron chi connectivity index (χ1n) is 7.41. The lowest BCUT2D eigenvalue weighted by Gasteiger charge is -2.15. The van der Waals surface area contributed by atoms with E-state index in [1.807, 2.05) is 33.8 Å². The largest absolute Gasteiger partial charge is 0.465 e. The first-order valence-corrected chi connectivity index (χ1v) is 7.41. The summed E-state index contributed by atoms with van der Waals surface area (Å²) in [4.78, 5) is 24.4. The highest BCUT2D eigenvalue weighted by Gasteiger charge is 2.29. The quantitative estimate of drug-likeness (QED) is 0.705. The average Bonchev–Trinajstić information content (AvgIpc) is 2.60. The van der Waals surface area contributed by atoms with Crippen LogP contribution in [0.25, 0.3) is 0 Å². The van der Waals surface area contributed by atoms with Crippen LogP contribution in [0.15, 0.2) is 34.9 Å². The fourth-order valence-corrected chi connectivity index (χ4v) is 2.09. The monoisotopic (exact) mass is 292 g/mol. The van der Waals surface area contributed by atoms with Gasteiger partial charge in [0, 0.05) is 0 Å². The lowest BCUT2D eigenvalue weighted by molar-refractivity contribution is -0.149. The molecule has 0 bridgehead atoms. The van der Waals surface area contributed by atoms with E-state index in [0.29, 0.717) is 18.8 Å². The summed E-state index contributed by atoms with van der Waals surface area (Å²) in [5, 5.41) is 0. The molecule has 0 amide bonds. The van der Waals surface area contributed by atoms with Crippen LogP contribution in [0.1, 0.15) is 40.5 Å². The Morgan fingerprint density at radius 3 is 2.24 bits per heavy atom. The summed E-state index contributed by atoms with van der Waals surface area (Å²) >= 11 is 0. The molecular formula is C17H24O4. The Morgan fingerprint density at radius 1 is 1.00 bits per heavy atom. The number of rotatable bonds is 6. The maximum absolute atomic E-state index is 12.2. The van der Waals surface area contributed by atoms with E-state index in [4.69, 9.17) is 9.47 Å². The van der Waals surface area contributed by atoms with Gasteiger partial charge in [0.2, 0.25) is 0 Å². The fraction of sp³-hybridized carbons (Fsp3) is 0.529. The van der Waals surface area contributed by atoms with Gasteiger partial charge < -0.3 is 9.47 Å². The van der Waals surface area contributed by atoms with Crippen molar-refractivity contribution < 1.29 is 19.1 Å². The smallest absolute Gasteiger partial charge is 0.335 e. The summed E-state index contributed by atoms with van der Waals surface area (Å²) in [6.45, 7) is 8.35. The summed E-state index contributed by atoms with van der Waals surface area (Å²) < 4.78 is 10.4. The van der Waals surface area contributed by atoms with Crippen LogP contribution in [0.2, 0.25) is 0 Å². The van der Waals surface area contributed by atoms with E-state index >= 15 is 0 Å². The Labute approximate surface area is 126 Å². The summed E-state index contributed by atoms with van der Waals surface area (Å²) in [6, 6.07) is 0. The Bertz CT molecular complexity index is 483. The summed E-state index contributed by atoms with van der Waals surface area (Å²) in [5.41, 5.74) is 2.19. The second-order valence-corrected chi connectivity index (χ2v) is 5.18. The molecule has 0 aromatic rings. The van der Waals surface area contributed by atoms with Gasteiger partial charge in [0.05, 0.1) is 18.8 Å². The molecule has 0 heterocycles. The van der Waals surface area contributed by atoms with Crippen LogP contribution in [-0.4, -0.2) is 25.2 Å². The lowest BCUT2D eigenvalue weighted by atomic mass is 9.97. The molecule has 1 aliphatic rings. The average molecular weight is 292 g/mol. The van der Waals surface area contributed by atoms with Crippen LogP contribution in [0.4, 0.5) is 0 Å². The molecule has 0 aromatic heterocycles. The Balaban J connectivity index is 3.03. The van der Waals surface area contributed by atoms with Crippen LogP contribution >= 0.6 is 0 Å². The number of ether oxygens (including phenoxy) is 2. The molecule has 0 fully saturated rings. The molecule has 1 atom stereocenters. The standard InChI is InChI=1S/C17H24O4/c1-5-7-20-16(18)14-10-12(3)9-13(4)11-15(14)17(19)21-8-6-2/h9-11,14H,5-8H2,1-4H3. The van der Waals surface area contributed by atoms with E-state index in [9.17, 15) is 9.59 Å². The zero-order valence-corrected chi connectivity index (χ0v) is 13.3. The van der Waals surface area contributed by atoms with Crippen molar-refractivity contribution in [3.05, 3.63) is 34.9 Å². The minimum atomic E-state index is -0.699. The Morgan fingerprint density at radius 2 is 1.62 bits per heavy atom. The van der Waals surface area contributed by atoms with Crippen LogP contribution < -0.4 is 0 Å². The molecule has 1 aliphatic carbocycles. The van der Waals surface area contributed by atoms with E-state index < -0.39 is 17.9 Å². The number of hydrogen-bond donors (Lipinski definition) is 0. The molecule has 0 aliphatic heterocycles. The molecule has 0 aromatic carbocycles. The van der Waals surface area contributed by atoms with E-state index in [1.165, 1.54) is 0 Å². The zero-order chi connectivity index (χ0) is 15.8. The van der Waals surface area contributed by atoms with Crippen molar-refractivity contribution in [1.29, 1.82) is 0 Å². The molecule has 0 radical (unpaired) electrons. The third-order valence-corrected chi connectivity index (χ3v) is 2.98. The number of hydrogen-bond acceptors (Lipinski definition) is 4. The second kappa shape index (κ2) is 8.45. The van der Waals surface area contributed by atoms with Crippen LogP contribution in [-0.2, 0) is 19.1 Å². The van der Waals surface area contributed by atoms with E-state index in [1.54, 1.807) is 12.2 Å². The third kappa shape index (κ3) is 5.21. The molecular weight excluding hydrogens is 268 g/mol. The first kappa shape index (κ1) is 17.2. The maximum atomic E-state index is 12.2. The maximum Gasteiger partial charge on any atom is 0.335 e. The minimum Gasteiger partial charge on any atom is -0.465 e. The Hall–Kier alpha value is -1.84. The van der Waals surface area contributed by atoms with Crippen molar-refractivity contribution in [1.82, 2.24) is 0 Å². The molecule has 0 saturated heterocycles. The number of carbonyl (C=O) groups is 2. The molecule has 116 valence electrons. The van der Waals surface area contributed by atoms with Gasteiger partial charge in [0.1, 0.15) is 5.92 Å². The summed E-state index contributed by atoms with van der Waals surface area (Å²) in [6.07, 6.45) is 6.89. The molecule has 4 heteroatoms. The van der Waals surface area contributed by atoms with Gasteiger partial charge in [-0.1, -0.05) is 37.1 Å². The van der Waals surface area contributed by atoms with Crippen molar-refractivity contribution >= 4 is 11.9 Å². The van der Waals surface area contributed by atoms with Gasteiger partial charge in [0.15, 0.2) is 0 Å². The lowest BCUT2D eigenvalue weighted by Crippen LogP contribution is -2.24. The van der Waals surface area contributed by atoms with E-state index in [-0.39, 0.29) is 0 Å². The Kier molecular flexibility index (Phi) is 6.92. The highest BCUT2D eigenvalue weighted by Crippen LogP contribution is 2.24. The van der Waals surface area contributed by atoms with Crippen molar-refractivity contribution in [2.75, 3.05) is 13.2 Å². The molecule has 0 saturated carbocycles. The van der Waals surface area contributed by atoms with Crippen molar-refractivity contribution in [2.24, 2.45) is 5.92 Å². The predicted octanol–water partition coefficient (Wildman–Crippen LogP) is 3.34.